The van der Waals surface area contributed by atoms with E-state index in [1.54, 1.807) is 29.2 Å². The summed E-state index contributed by atoms with van der Waals surface area (Å²) in [5, 5.41) is 23.5. The lowest BCUT2D eigenvalue weighted by Crippen LogP contribution is -2.51. The number of halogens is 3. The minimum atomic E-state index is -3.27. The zero-order valence-electron chi connectivity index (χ0n) is 13.1. The van der Waals surface area contributed by atoms with E-state index in [-0.39, 0.29) is 18.2 Å². The maximum absolute atomic E-state index is 14.5. The molecule has 4 nitrogen and oxygen atoms in total. The summed E-state index contributed by atoms with van der Waals surface area (Å²) >= 11 is 0. The fraction of sp³-hybridized carbons (Fsp3) is 0.412. The maximum Gasteiger partial charge on any atom is 0.289 e. The van der Waals surface area contributed by atoms with Gasteiger partial charge in [-0.15, -0.1) is 12.4 Å². The van der Waals surface area contributed by atoms with Crippen molar-refractivity contribution >= 4 is 23.2 Å². The van der Waals surface area contributed by atoms with Crippen LogP contribution in [0.5, 0.6) is 5.75 Å². The van der Waals surface area contributed by atoms with E-state index < -0.39 is 18.6 Å². The number of fused-ring (bicyclic) bond motifs is 1. The molecule has 0 amide bonds. The molecule has 132 valence electrons. The highest BCUT2D eigenvalue weighted by atomic mass is 35.5. The molecule has 0 aliphatic carbocycles. The summed E-state index contributed by atoms with van der Waals surface area (Å²) in [5.41, 5.74) is 0.430. The number of benzene rings is 2. The average Bonchev–Trinajstić information content (AvgIpc) is 2.58. The fourth-order valence-corrected chi connectivity index (χ4v) is 3.26. The van der Waals surface area contributed by atoms with Gasteiger partial charge in [-0.3, -0.25) is 4.90 Å². The third-order valence-corrected chi connectivity index (χ3v) is 4.36. The smallest absolute Gasteiger partial charge is 0.289 e. The van der Waals surface area contributed by atoms with Crippen LogP contribution in [0.15, 0.2) is 36.4 Å². The lowest BCUT2D eigenvalue weighted by Gasteiger charge is -2.39. The molecule has 3 rings (SSSR count). The van der Waals surface area contributed by atoms with Crippen LogP contribution in [0, 0.1) is 0 Å². The molecule has 1 atom stereocenters. The number of piperazine rings is 1. The number of hydrogen-bond acceptors (Lipinski definition) is 4. The first kappa shape index (κ1) is 18.9. The summed E-state index contributed by atoms with van der Waals surface area (Å²) in [4.78, 5) is 1.70. The standard InChI is InChI=1S/C17H20F2N2O2.ClH/c18-17(19,11-22)16(21-9-7-20-8-10-21)14-5-6-15(23)13-4-2-1-3-12(13)14;/h1-6,16,20,22-23H,7-11H2;1H/t16-;/m0./s1. The van der Waals surface area contributed by atoms with Gasteiger partial charge in [0.15, 0.2) is 0 Å². The molecule has 24 heavy (non-hydrogen) atoms. The summed E-state index contributed by atoms with van der Waals surface area (Å²) in [5.74, 6) is -3.20. The zero-order valence-corrected chi connectivity index (χ0v) is 13.9. The zero-order chi connectivity index (χ0) is 16.4. The number of aliphatic hydroxyl groups excluding tert-OH is 1. The van der Waals surface area contributed by atoms with Crippen LogP contribution in [0.25, 0.3) is 10.8 Å². The average molecular weight is 359 g/mol. The third kappa shape index (κ3) is 3.47. The molecule has 0 radical (unpaired) electrons. The van der Waals surface area contributed by atoms with Crippen LogP contribution < -0.4 is 5.32 Å². The molecular formula is C17H21ClF2N2O2. The van der Waals surface area contributed by atoms with Gasteiger partial charge in [0, 0.05) is 31.6 Å². The summed E-state index contributed by atoms with van der Waals surface area (Å²) in [6, 6.07) is 8.72. The molecule has 0 spiro atoms. The Morgan fingerprint density at radius 1 is 1.08 bits per heavy atom. The van der Waals surface area contributed by atoms with E-state index in [0.29, 0.717) is 42.5 Å². The molecule has 3 N–H and O–H groups in total. The highest BCUT2D eigenvalue weighted by molar-refractivity contribution is 5.91. The van der Waals surface area contributed by atoms with Crippen molar-refractivity contribution in [3.63, 3.8) is 0 Å². The number of alkyl halides is 2. The van der Waals surface area contributed by atoms with E-state index in [4.69, 9.17) is 0 Å². The Balaban J connectivity index is 0.00000208. The van der Waals surface area contributed by atoms with Crippen molar-refractivity contribution in [1.29, 1.82) is 0 Å². The van der Waals surface area contributed by atoms with E-state index in [0.717, 1.165) is 0 Å². The van der Waals surface area contributed by atoms with Gasteiger partial charge < -0.3 is 15.5 Å². The molecular weight excluding hydrogens is 338 g/mol. The lowest BCUT2D eigenvalue weighted by atomic mass is 9.92. The summed E-state index contributed by atoms with van der Waals surface area (Å²) in [6.07, 6.45) is 0. The summed E-state index contributed by atoms with van der Waals surface area (Å²) in [6.45, 7) is 1.02. The van der Waals surface area contributed by atoms with Crippen LogP contribution in [-0.2, 0) is 0 Å². The normalized spacial score (nSPS) is 17.5. The van der Waals surface area contributed by atoms with Gasteiger partial charge in [0.25, 0.3) is 5.92 Å². The van der Waals surface area contributed by atoms with E-state index in [1.165, 1.54) is 12.1 Å². The Bertz CT molecular complexity index is 693. The molecule has 1 heterocycles. The molecule has 1 fully saturated rings. The molecule has 2 aromatic rings. The van der Waals surface area contributed by atoms with Gasteiger partial charge in [-0.25, -0.2) is 8.78 Å². The van der Waals surface area contributed by atoms with Crippen LogP contribution in [0.3, 0.4) is 0 Å². The van der Waals surface area contributed by atoms with Crippen molar-refractivity contribution in [2.24, 2.45) is 0 Å². The Morgan fingerprint density at radius 2 is 1.71 bits per heavy atom. The number of rotatable bonds is 4. The van der Waals surface area contributed by atoms with Gasteiger partial charge in [-0.1, -0.05) is 30.3 Å². The van der Waals surface area contributed by atoms with Crippen molar-refractivity contribution in [2.75, 3.05) is 32.8 Å². The van der Waals surface area contributed by atoms with Crippen molar-refractivity contribution in [2.45, 2.75) is 12.0 Å². The van der Waals surface area contributed by atoms with Gasteiger partial charge in [0.05, 0.1) is 0 Å². The minimum Gasteiger partial charge on any atom is -0.507 e. The van der Waals surface area contributed by atoms with Crippen LogP contribution in [0.4, 0.5) is 8.78 Å². The highest BCUT2D eigenvalue weighted by Gasteiger charge is 2.44. The SMILES string of the molecule is Cl.OCC(F)(F)[C@H](c1ccc(O)c2ccccc12)N1CCNCC1. The van der Waals surface area contributed by atoms with Gasteiger partial charge >= 0.3 is 0 Å². The largest absolute Gasteiger partial charge is 0.507 e. The number of nitrogens with one attached hydrogen (secondary N) is 1. The van der Waals surface area contributed by atoms with Gasteiger partial charge in [0.1, 0.15) is 18.4 Å². The Kier molecular flexibility index (Phi) is 5.98. The predicted molar refractivity (Wildman–Crippen MR) is 92.1 cm³/mol. The third-order valence-electron chi connectivity index (χ3n) is 4.36. The molecule has 7 heteroatoms. The van der Waals surface area contributed by atoms with E-state index >= 15 is 0 Å². The summed E-state index contributed by atoms with van der Waals surface area (Å²) in [7, 11) is 0. The van der Waals surface area contributed by atoms with Crippen molar-refractivity contribution in [3.05, 3.63) is 42.0 Å². The molecule has 1 saturated heterocycles. The molecule has 0 bridgehead atoms. The Hall–Kier alpha value is -1.47. The number of hydrogen-bond donors (Lipinski definition) is 3. The number of aliphatic hydroxyl groups is 1. The van der Waals surface area contributed by atoms with Crippen LogP contribution in [0.2, 0.25) is 0 Å². The van der Waals surface area contributed by atoms with E-state index in [1.807, 2.05) is 0 Å². The molecule has 0 unspecified atom stereocenters. The second-order valence-electron chi connectivity index (χ2n) is 5.83. The number of aromatic hydroxyl groups is 1. The van der Waals surface area contributed by atoms with Gasteiger partial charge in [-0.2, -0.15) is 0 Å². The van der Waals surface area contributed by atoms with Crippen molar-refractivity contribution in [1.82, 2.24) is 10.2 Å². The molecule has 0 aromatic heterocycles. The molecule has 1 aliphatic heterocycles. The first-order chi connectivity index (χ1) is 11.0. The fourth-order valence-electron chi connectivity index (χ4n) is 3.26. The molecule has 0 saturated carbocycles. The Labute approximate surface area is 145 Å². The quantitative estimate of drug-likeness (QED) is 0.786. The second kappa shape index (κ2) is 7.61. The number of phenols is 1. The minimum absolute atomic E-state index is 0. The maximum atomic E-state index is 14.5. The van der Waals surface area contributed by atoms with Crippen molar-refractivity contribution in [3.8, 4) is 5.75 Å². The highest BCUT2D eigenvalue weighted by Crippen LogP contribution is 2.41. The molecule has 1 aliphatic rings. The second-order valence-corrected chi connectivity index (χ2v) is 5.83. The number of phenolic OH excluding ortho intramolecular Hbond substituents is 1. The lowest BCUT2D eigenvalue weighted by molar-refractivity contribution is -0.118. The van der Waals surface area contributed by atoms with Gasteiger partial charge in [0.2, 0.25) is 0 Å². The topological polar surface area (TPSA) is 55.7 Å². The van der Waals surface area contributed by atoms with Crippen LogP contribution in [-0.4, -0.2) is 53.8 Å². The summed E-state index contributed by atoms with van der Waals surface area (Å²) < 4.78 is 29.1. The first-order valence-electron chi connectivity index (χ1n) is 7.68. The van der Waals surface area contributed by atoms with Crippen LogP contribution in [0.1, 0.15) is 11.6 Å². The monoisotopic (exact) mass is 358 g/mol. The van der Waals surface area contributed by atoms with E-state index in [9.17, 15) is 19.0 Å². The predicted octanol–water partition coefficient (Wildman–Crippen LogP) is 2.54. The molecule has 2 aromatic carbocycles. The number of nitrogens with zero attached hydrogens (tertiary/aromatic N) is 1. The van der Waals surface area contributed by atoms with Gasteiger partial charge in [-0.05, 0) is 17.0 Å². The van der Waals surface area contributed by atoms with Crippen molar-refractivity contribution < 1.29 is 19.0 Å². The first-order valence-corrected chi connectivity index (χ1v) is 7.68. The van der Waals surface area contributed by atoms with Crippen LogP contribution >= 0.6 is 12.4 Å². The van der Waals surface area contributed by atoms with E-state index in [2.05, 4.69) is 5.32 Å². The Morgan fingerprint density at radius 3 is 2.33 bits per heavy atom.